The quantitative estimate of drug-likeness (QED) is 0.878. The highest BCUT2D eigenvalue weighted by atomic mass is 35.5. The molecule has 1 rings (SSSR count). The number of carbonyl (C=O) groups excluding carboxylic acids is 2. The van der Waals surface area contributed by atoms with Crippen molar-refractivity contribution in [1.82, 2.24) is 5.32 Å². The Kier molecular flexibility index (Phi) is 4.50. The molecule has 0 saturated heterocycles. The molecule has 0 saturated carbocycles. The molecule has 0 radical (unpaired) electrons. The molecule has 1 N–H and O–H groups in total. The Labute approximate surface area is 99.8 Å². The van der Waals surface area contributed by atoms with Gasteiger partial charge in [0, 0.05) is 18.4 Å². The van der Waals surface area contributed by atoms with Crippen LogP contribution in [0.2, 0.25) is 5.02 Å². The minimum Gasteiger partial charge on any atom is -0.349 e. The number of rotatable bonds is 4. The van der Waals surface area contributed by atoms with E-state index in [1.165, 1.54) is 13.8 Å². The van der Waals surface area contributed by atoms with Crippen molar-refractivity contribution in [1.29, 1.82) is 0 Å². The Morgan fingerprint density at radius 1 is 1.25 bits per heavy atom. The van der Waals surface area contributed by atoms with Crippen molar-refractivity contribution >= 4 is 23.3 Å². The van der Waals surface area contributed by atoms with Gasteiger partial charge in [-0.05, 0) is 24.6 Å². The summed E-state index contributed by atoms with van der Waals surface area (Å²) in [5.41, 5.74) is 0.884. The summed E-state index contributed by atoms with van der Waals surface area (Å²) in [5.74, 6) is -0.116. The molecular formula is C12H14ClNO2. The lowest BCUT2D eigenvalue weighted by atomic mass is 10.0. The first kappa shape index (κ1) is 12.7. The fourth-order valence-electron chi connectivity index (χ4n) is 1.48. The average molecular weight is 240 g/mol. The molecule has 0 aliphatic carbocycles. The van der Waals surface area contributed by atoms with E-state index in [2.05, 4.69) is 5.32 Å². The van der Waals surface area contributed by atoms with Crippen LogP contribution in [0.3, 0.4) is 0 Å². The van der Waals surface area contributed by atoms with Gasteiger partial charge < -0.3 is 5.32 Å². The lowest BCUT2D eigenvalue weighted by Gasteiger charge is -2.16. The first-order valence-corrected chi connectivity index (χ1v) is 5.39. The van der Waals surface area contributed by atoms with Gasteiger partial charge in [0.1, 0.15) is 5.78 Å². The number of benzene rings is 1. The smallest absolute Gasteiger partial charge is 0.217 e. The van der Waals surface area contributed by atoms with Crippen LogP contribution in [0.1, 0.15) is 31.9 Å². The standard InChI is InChI=1S/C12H14ClNO2/c1-8(15)7-12(14-9(2)16)10-3-5-11(13)6-4-10/h3-6,12H,7H2,1-2H3,(H,14,16). The Balaban J connectivity index is 2.86. The van der Waals surface area contributed by atoms with Crippen molar-refractivity contribution in [2.24, 2.45) is 0 Å². The molecule has 0 aliphatic heterocycles. The zero-order chi connectivity index (χ0) is 12.1. The van der Waals surface area contributed by atoms with Gasteiger partial charge in [-0.15, -0.1) is 0 Å². The maximum absolute atomic E-state index is 11.1. The highest BCUT2D eigenvalue weighted by Gasteiger charge is 2.14. The molecule has 0 spiro atoms. The van der Waals surface area contributed by atoms with Crippen LogP contribution in [0, 0.1) is 0 Å². The molecule has 3 nitrogen and oxygen atoms in total. The van der Waals surface area contributed by atoms with Crippen LogP contribution in [-0.4, -0.2) is 11.7 Å². The predicted molar refractivity (Wildman–Crippen MR) is 63.3 cm³/mol. The van der Waals surface area contributed by atoms with Gasteiger partial charge in [-0.3, -0.25) is 9.59 Å². The summed E-state index contributed by atoms with van der Waals surface area (Å²) in [7, 11) is 0. The number of hydrogen-bond acceptors (Lipinski definition) is 2. The number of nitrogens with one attached hydrogen (secondary N) is 1. The van der Waals surface area contributed by atoms with E-state index in [-0.39, 0.29) is 17.7 Å². The van der Waals surface area contributed by atoms with E-state index in [0.29, 0.717) is 11.4 Å². The van der Waals surface area contributed by atoms with E-state index in [0.717, 1.165) is 5.56 Å². The van der Waals surface area contributed by atoms with Crippen molar-refractivity contribution < 1.29 is 9.59 Å². The van der Waals surface area contributed by atoms with Gasteiger partial charge in [0.2, 0.25) is 5.91 Å². The third-order valence-corrected chi connectivity index (χ3v) is 2.39. The van der Waals surface area contributed by atoms with Crippen molar-refractivity contribution in [2.75, 3.05) is 0 Å². The van der Waals surface area contributed by atoms with E-state index in [1.54, 1.807) is 12.1 Å². The van der Waals surface area contributed by atoms with E-state index in [9.17, 15) is 9.59 Å². The second-order valence-corrected chi connectivity index (χ2v) is 4.15. The van der Waals surface area contributed by atoms with Gasteiger partial charge in [0.15, 0.2) is 0 Å². The number of amides is 1. The van der Waals surface area contributed by atoms with Gasteiger partial charge >= 0.3 is 0 Å². The van der Waals surface area contributed by atoms with Crippen molar-refractivity contribution in [2.45, 2.75) is 26.3 Å². The molecule has 16 heavy (non-hydrogen) atoms. The van der Waals surface area contributed by atoms with Gasteiger partial charge in [-0.2, -0.15) is 0 Å². The summed E-state index contributed by atoms with van der Waals surface area (Å²) in [6.45, 7) is 2.94. The van der Waals surface area contributed by atoms with Gasteiger partial charge in [-0.25, -0.2) is 0 Å². The lowest BCUT2D eigenvalue weighted by molar-refractivity contribution is -0.120. The Bertz CT molecular complexity index is 371. The van der Waals surface area contributed by atoms with Crippen molar-refractivity contribution in [3.05, 3.63) is 34.9 Å². The second kappa shape index (κ2) is 5.66. The first-order chi connectivity index (χ1) is 7.49. The topological polar surface area (TPSA) is 46.2 Å². The van der Waals surface area contributed by atoms with Crippen LogP contribution >= 0.6 is 11.6 Å². The molecule has 1 aromatic carbocycles. The van der Waals surface area contributed by atoms with E-state index in [4.69, 9.17) is 11.6 Å². The monoisotopic (exact) mass is 239 g/mol. The molecular weight excluding hydrogens is 226 g/mol. The zero-order valence-corrected chi connectivity index (χ0v) is 10.0. The molecule has 4 heteroatoms. The fourth-order valence-corrected chi connectivity index (χ4v) is 1.61. The largest absolute Gasteiger partial charge is 0.349 e. The van der Waals surface area contributed by atoms with Crippen LogP contribution in [-0.2, 0) is 9.59 Å². The minimum atomic E-state index is -0.271. The Morgan fingerprint density at radius 3 is 2.25 bits per heavy atom. The SMILES string of the molecule is CC(=O)CC(NC(C)=O)c1ccc(Cl)cc1. The van der Waals surface area contributed by atoms with Crippen LogP contribution in [0.15, 0.2) is 24.3 Å². The third kappa shape index (κ3) is 4.03. The molecule has 1 atom stereocenters. The summed E-state index contributed by atoms with van der Waals surface area (Å²) >= 11 is 5.77. The van der Waals surface area contributed by atoms with Crippen molar-refractivity contribution in [3.63, 3.8) is 0 Å². The van der Waals surface area contributed by atoms with E-state index < -0.39 is 0 Å². The van der Waals surface area contributed by atoms with Crippen LogP contribution in [0.25, 0.3) is 0 Å². The molecule has 1 aromatic rings. The molecule has 0 heterocycles. The molecule has 1 unspecified atom stereocenters. The number of hydrogen-bond donors (Lipinski definition) is 1. The highest BCUT2D eigenvalue weighted by molar-refractivity contribution is 6.30. The summed E-state index contributed by atoms with van der Waals surface area (Å²) in [6, 6.07) is 6.84. The second-order valence-electron chi connectivity index (χ2n) is 3.71. The third-order valence-electron chi connectivity index (χ3n) is 2.14. The van der Waals surface area contributed by atoms with Gasteiger partial charge in [-0.1, -0.05) is 23.7 Å². The molecule has 0 aliphatic rings. The lowest BCUT2D eigenvalue weighted by Crippen LogP contribution is -2.27. The highest BCUT2D eigenvalue weighted by Crippen LogP contribution is 2.19. The summed E-state index contributed by atoms with van der Waals surface area (Å²) in [5, 5.41) is 3.38. The average Bonchev–Trinajstić information content (AvgIpc) is 2.16. The van der Waals surface area contributed by atoms with Crippen LogP contribution < -0.4 is 5.32 Å². The summed E-state index contributed by atoms with van der Waals surface area (Å²) < 4.78 is 0. The van der Waals surface area contributed by atoms with Gasteiger partial charge in [0.05, 0.1) is 6.04 Å². The van der Waals surface area contributed by atoms with Crippen LogP contribution in [0.5, 0.6) is 0 Å². The molecule has 1 amide bonds. The maximum Gasteiger partial charge on any atom is 0.217 e. The summed E-state index contributed by atoms with van der Waals surface area (Å²) in [6.07, 6.45) is 0.293. The van der Waals surface area contributed by atoms with E-state index >= 15 is 0 Å². The molecule has 86 valence electrons. The van der Waals surface area contributed by atoms with E-state index in [1.807, 2.05) is 12.1 Å². The number of carbonyl (C=O) groups is 2. The number of ketones is 1. The number of Topliss-reactive ketones (excluding diaryl/α,β-unsaturated/α-hetero) is 1. The fraction of sp³-hybridized carbons (Fsp3) is 0.333. The van der Waals surface area contributed by atoms with Crippen molar-refractivity contribution in [3.8, 4) is 0 Å². The summed E-state index contributed by atoms with van der Waals surface area (Å²) in [4.78, 5) is 22.1. The molecule has 0 aromatic heterocycles. The van der Waals surface area contributed by atoms with Crippen LogP contribution in [0.4, 0.5) is 0 Å². The van der Waals surface area contributed by atoms with Gasteiger partial charge in [0.25, 0.3) is 0 Å². The molecule has 0 fully saturated rings. The normalized spacial score (nSPS) is 11.9. The predicted octanol–water partition coefficient (Wildman–Crippen LogP) is 2.50. The Hall–Kier alpha value is -1.35. The Morgan fingerprint density at radius 2 is 1.81 bits per heavy atom. The maximum atomic E-state index is 11.1. The number of halogens is 1. The minimum absolute atomic E-state index is 0.0358. The molecule has 0 bridgehead atoms. The first-order valence-electron chi connectivity index (χ1n) is 5.01. The zero-order valence-electron chi connectivity index (χ0n) is 9.29.